The molecule has 146 valence electrons. The predicted octanol–water partition coefficient (Wildman–Crippen LogP) is 3.51. The molecule has 0 N–H and O–H groups in total. The third-order valence-electron chi connectivity index (χ3n) is 5.31. The van der Waals surface area contributed by atoms with E-state index in [1.807, 2.05) is 5.38 Å². The van der Waals surface area contributed by atoms with Crippen LogP contribution in [-0.4, -0.2) is 65.1 Å². The first-order valence-corrected chi connectivity index (χ1v) is 11.5. The van der Waals surface area contributed by atoms with Gasteiger partial charge < -0.3 is 9.64 Å². The van der Waals surface area contributed by atoms with Gasteiger partial charge in [-0.25, -0.2) is 4.98 Å². The molecule has 4 rings (SSSR count). The Morgan fingerprint density at radius 2 is 2.11 bits per heavy atom. The van der Waals surface area contributed by atoms with Crippen molar-refractivity contribution >= 4 is 28.6 Å². The lowest BCUT2D eigenvalue weighted by molar-refractivity contribution is -0.132. The summed E-state index contributed by atoms with van der Waals surface area (Å²) in [5.74, 6) is 0.217. The highest BCUT2D eigenvalue weighted by Crippen LogP contribution is 2.27. The number of likely N-dealkylation sites (tertiary alicyclic amines) is 1. The Kier molecular flexibility index (Phi) is 5.92. The van der Waals surface area contributed by atoms with Gasteiger partial charge in [-0.05, 0) is 38.1 Å². The number of thiophene rings is 1. The fraction of sp³-hybridized carbons (Fsp3) is 0.600. The number of amides is 1. The van der Waals surface area contributed by atoms with Crippen molar-refractivity contribution in [1.29, 1.82) is 0 Å². The van der Waals surface area contributed by atoms with Crippen molar-refractivity contribution in [3.8, 4) is 10.6 Å². The molecule has 7 heteroatoms. The van der Waals surface area contributed by atoms with Crippen LogP contribution in [0.4, 0.5) is 0 Å². The van der Waals surface area contributed by atoms with Gasteiger partial charge in [0, 0.05) is 48.5 Å². The molecule has 4 heterocycles. The molecule has 3 unspecified atom stereocenters. The van der Waals surface area contributed by atoms with E-state index in [9.17, 15) is 4.79 Å². The molecule has 2 aliphatic heterocycles. The van der Waals surface area contributed by atoms with E-state index < -0.39 is 0 Å². The number of nitrogens with zero attached hydrogens (tertiary/aromatic N) is 3. The summed E-state index contributed by atoms with van der Waals surface area (Å²) in [5.41, 5.74) is 2.05. The van der Waals surface area contributed by atoms with E-state index >= 15 is 0 Å². The van der Waals surface area contributed by atoms with E-state index in [2.05, 4.69) is 45.5 Å². The molecular weight excluding hydrogens is 378 g/mol. The maximum absolute atomic E-state index is 12.9. The molecule has 0 radical (unpaired) electrons. The lowest BCUT2D eigenvalue weighted by Crippen LogP contribution is -2.51. The topological polar surface area (TPSA) is 45.7 Å². The molecule has 2 aliphatic rings. The van der Waals surface area contributed by atoms with Crippen LogP contribution in [0.2, 0.25) is 0 Å². The third kappa shape index (κ3) is 4.59. The van der Waals surface area contributed by atoms with E-state index in [-0.39, 0.29) is 18.1 Å². The van der Waals surface area contributed by atoms with Crippen LogP contribution in [0, 0.1) is 0 Å². The van der Waals surface area contributed by atoms with E-state index in [0.717, 1.165) is 55.3 Å². The normalized spacial score (nSPS) is 26.6. The number of carbonyl (C=O) groups is 1. The van der Waals surface area contributed by atoms with Crippen molar-refractivity contribution in [1.82, 2.24) is 14.8 Å². The summed E-state index contributed by atoms with van der Waals surface area (Å²) in [6, 6.07) is 2.40. The Morgan fingerprint density at radius 1 is 1.30 bits per heavy atom. The maximum atomic E-state index is 12.9. The highest BCUT2D eigenvalue weighted by atomic mass is 32.1. The van der Waals surface area contributed by atoms with Gasteiger partial charge >= 0.3 is 0 Å². The molecule has 27 heavy (non-hydrogen) atoms. The highest BCUT2D eigenvalue weighted by Gasteiger charge is 2.32. The zero-order chi connectivity index (χ0) is 18.8. The van der Waals surface area contributed by atoms with Crippen LogP contribution in [-0.2, 0) is 16.0 Å². The lowest BCUT2D eigenvalue weighted by Gasteiger charge is -2.38. The second-order valence-corrected chi connectivity index (χ2v) is 9.33. The smallest absolute Gasteiger partial charge is 0.228 e. The van der Waals surface area contributed by atoms with Gasteiger partial charge in [0.1, 0.15) is 5.01 Å². The summed E-state index contributed by atoms with van der Waals surface area (Å²) >= 11 is 3.30. The number of hydrogen-bond acceptors (Lipinski definition) is 6. The van der Waals surface area contributed by atoms with Crippen molar-refractivity contribution in [3.05, 3.63) is 27.9 Å². The van der Waals surface area contributed by atoms with Gasteiger partial charge in [-0.1, -0.05) is 0 Å². The quantitative estimate of drug-likeness (QED) is 0.764. The molecular formula is C20H27N3O2S2. The molecule has 2 fully saturated rings. The second-order valence-electron chi connectivity index (χ2n) is 7.69. The fourth-order valence-corrected chi connectivity index (χ4v) is 5.78. The van der Waals surface area contributed by atoms with Gasteiger partial charge in [0.15, 0.2) is 0 Å². The predicted molar refractivity (Wildman–Crippen MR) is 110 cm³/mol. The van der Waals surface area contributed by atoms with Crippen LogP contribution in [0.15, 0.2) is 22.2 Å². The van der Waals surface area contributed by atoms with Crippen LogP contribution >= 0.6 is 22.7 Å². The van der Waals surface area contributed by atoms with Crippen molar-refractivity contribution in [2.24, 2.45) is 0 Å². The summed E-state index contributed by atoms with van der Waals surface area (Å²) in [5, 5.41) is 7.20. The molecule has 3 atom stereocenters. The molecule has 0 bridgehead atoms. The number of aromatic nitrogens is 1. The number of rotatable bonds is 5. The zero-order valence-corrected chi connectivity index (χ0v) is 17.6. The van der Waals surface area contributed by atoms with Crippen LogP contribution in [0.25, 0.3) is 10.6 Å². The first-order chi connectivity index (χ1) is 13.1. The largest absolute Gasteiger partial charge is 0.373 e. The molecule has 0 spiro atoms. The molecule has 0 aromatic carbocycles. The molecule has 1 amide bonds. The number of thiazole rings is 1. The van der Waals surface area contributed by atoms with E-state index in [1.54, 1.807) is 22.7 Å². The first kappa shape index (κ1) is 19.1. The highest BCUT2D eigenvalue weighted by molar-refractivity contribution is 7.14. The van der Waals surface area contributed by atoms with Gasteiger partial charge in [0.05, 0.1) is 24.3 Å². The minimum atomic E-state index is 0.217. The summed E-state index contributed by atoms with van der Waals surface area (Å²) in [7, 11) is 0. The molecule has 2 saturated heterocycles. The van der Waals surface area contributed by atoms with Gasteiger partial charge in [0.2, 0.25) is 5.91 Å². The first-order valence-electron chi connectivity index (χ1n) is 9.72. The van der Waals surface area contributed by atoms with E-state index in [0.29, 0.717) is 12.5 Å². The Morgan fingerprint density at radius 3 is 2.85 bits per heavy atom. The summed E-state index contributed by atoms with van der Waals surface area (Å²) in [4.78, 5) is 22.2. The van der Waals surface area contributed by atoms with E-state index in [4.69, 9.17) is 4.74 Å². The van der Waals surface area contributed by atoms with Crippen molar-refractivity contribution in [2.45, 2.75) is 51.4 Å². The number of ether oxygens (including phenoxy) is 1. The summed E-state index contributed by atoms with van der Waals surface area (Å²) in [6.45, 7) is 8.01. The fourth-order valence-electron chi connectivity index (χ4n) is 4.25. The minimum absolute atomic E-state index is 0.217. The van der Waals surface area contributed by atoms with Crippen LogP contribution in [0.1, 0.15) is 32.4 Å². The van der Waals surface area contributed by atoms with Crippen LogP contribution < -0.4 is 0 Å². The van der Waals surface area contributed by atoms with Crippen LogP contribution in [0.3, 0.4) is 0 Å². The van der Waals surface area contributed by atoms with Gasteiger partial charge in [-0.2, -0.15) is 11.3 Å². The number of carbonyl (C=O) groups excluding carboxylic acids is 1. The summed E-state index contributed by atoms with van der Waals surface area (Å²) < 4.78 is 5.84. The number of hydrogen-bond donors (Lipinski definition) is 0. The molecule has 0 aliphatic carbocycles. The zero-order valence-electron chi connectivity index (χ0n) is 16.0. The minimum Gasteiger partial charge on any atom is -0.373 e. The van der Waals surface area contributed by atoms with Gasteiger partial charge in [0.25, 0.3) is 0 Å². The van der Waals surface area contributed by atoms with Crippen LogP contribution in [0.5, 0.6) is 0 Å². The Labute approximate surface area is 169 Å². The monoisotopic (exact) mass is 405 g/mol. The molecule has 2 aromatic rings. The SMILES string of the molecule is CC1CN(CC2CCCN2C(=O)Cc2csc(-c3ccsc3)n2)CC(C)O1. The Balaban J connectivity index is 1.36. The molecule has 0 saturated carbocycles. The van der Waals surface area contributed by atoms with E-state index in [1.165, 1.54) is 0 Å². The van der Waals surface area contributed by atoms with Gasteiger partial charge in [-0.3, -0.25) is 9.69 Å². The lowest BCUT2D eigenvalue weighted by atomic mass is 10.1. The number of morpholine rings is 1. The Bertz CT molecular complexity index is 751. The molecule has 2 aromatic heterocycles. The average molecular weight is 406 g/mol. The molecule has 5 nitrogen and oxygen atoms in total. The van der Waals surface area contributed by atoms with Crippen molar-refractivity contribution in [3.63, 3.8) is 0 Å². The van der Waals surface area contributed by atoms with Gasteiger partial charge in [-0.15, -0.1) is 11.3 Å². The maximum Gasteiger partial charge on any atom is 0.228 e. The van der Waals surface area contributed by atoms with Crippen molar-refractivity contribution < 1.29 is 9.53 Å². The standard InChI is InChI=1S/C20H27N3O2S2/c1-14-9-22(10-15(2)25-14)11-18-4-3-6-23(18)19(24)8-17-13-27-20(21-17)16-5-7-26-12-16/h5,7,12-15,18H,3-4,6,8-11H2,1-2H3. The third-order valence-corrected chi connectivity index (χ3v) is 6.94. The van der Waals surface area contributed by atoms with Crippen molar-refractivity contribution in [2.75, 3.05) is 26.2 Å². The second kappa shape index (κ2) is 8.39. The summed E-state index contributed by atoms with van der Waals surface area (Å²) in [6.07, 6.45) is 3.15. The Hall–Kier alpha value is -1.28. The average Bonchev–Trinajstić information content (AvgIpc) is 3.35.